The molecule has 0 bridgehead atoms. The van der Waals surface area contributed by atoms with Crippen LogP contribution in [-0.4, -0.2) is 26.4 Å². The zero-order chi connectivity index (χ0) is 20.3. The Hall–Kier alpha value is -2.33. The standard InChI is InChI=1S/C18H14BrF3N4OS/c19-14-7-2-1-6-13(14)16-24-25-17(28-9-8-15(23)27)26(16)12-5-3-4-11(10-12)18(20,21)22/h1-7,10H,8-9H2,(H2,23,27). The minimum absolute atomic E-state index is 0.116. The zero-order valence-corrected chi connectivity index (χ0v) is 16.7. The van der Waals surface area contributed by atoms with Gasteiger partial charge in [0, 0.05) is 22.2 Å². The fourth-order valence-electron chi connectivity index (χ4n) is 2.48. The molecule has 146 valence electrons. The predicted molar refractivity (Wildman–Crippen MR) is 104 cm³/mol. The lowest BCUT2D eigenvalue weighted by Gasteiger charge is -2.13. The molecule has 0 radical (unpaired) electrons. The number of nitrogens with two attached hydrogens (primary N) is 1. The molecular formula is C18H14BrF3N4OS. The number of halogens is 4. The third-order valence-electron chi connectivity index (χ3n) is 3.76. The van der Waals surface area contributed by atoms with Crippen LogP contribution in [0, 0.1) is 0 Å². The third-order valence-corrected chi connectivity index (χ3v) is 5.38. The normalized spacial score (nSPS) is 11.6. The van der Waals surface area contributed by atoms with Crippen molar-refractivity contribution in [2.45, 2.75) is 17.8 Å². The van der Waals surface area contributed by atoms with Crippen LogP contribution in [0.2, 0.25) is 0 Å². The van der Waals surface area contributed by atoms with E-state index >= 15 is 0 Å². The molecule has 1 amide bonds. The average Bonchev–Trinajstić information content (AvgIpc) is 3.05. The van der Waals surface area contributed by atoms with Crippen molar-refractivity contribution in [1.82, 2.24) is 14.8 Å². The molecule has 1 aromatic heterocycles. The fourth-order valence-corrected chi connectivity index (χ4v) is 3.84. The Bertz CT molecular complexity index is 1010. The second-order valence-electron chi connectivity index (χ2n) is 5.73. The quantitative estimate of drug-likeness (QED) is 0.530. The van der Waals surface area contributed by atoms with E-state index in [0.717, 1.165) is 16.6 Å². The van der Waals surface area contributed by atoms with Crippen molar-refractivity contribution in [3.63, 3.8) is 0 Å². The van der Waals surface area contributed by atoms with Gasteiger partial charge in [-0.15, -0.1) is 10.2 Å². The number of alkyl halides is 3. The molecule has 1 heterocycles. The highest BCUT2D eigenvalue weighted by atomic mass is 79.9. The highest BCUT2D eigenvalue weighted by Gasteiger charge is 2.31. The second kappa shape index (κ2) is 8.36. The van der Waals surface area contributed by atoms with Gasteiger partial charge in [-0.1, -0.05) is 52.0 Å². The lowest BCUT2D eigenvalue weighted by molar-refractivity contribution is -0.137. The first-order valence-electron chi connectivity index (χ1n) is 8.06. The van der Waals surface area contributed by atoms with Gasteiger partial charge in [0.25, 0.3) is 0 Å². The summed E-state index contributed by atoms with van der Waals surface area (Å²) < 4.78 is 41.8. The number of nitrogens with zero attached hydrogens (tertiary/aromatic N) is 3. The molecule has 0 aliphatic rings. The minimum Gasteiger partial charge on any atom is -0.370 e. The number of benzene rings is 2. The van der Waals surface area contributed by atoms with Crippen molar-refractivity contribution in [2.75, 3.05) is 5.75 Å². The van der Waals surface area contributed by atoms with Crippen molar-refractivity contribution in [3.8, 4) is 17.1 Å². The number of hydrogen-bond acceptors (Lipinski definition) is 4. The Morgan fingerprint density at radius 2 is 1.89 bits per heavy atom. The molecule has 0 saturated heterocycles. The molecule has 28 heavy (non-hydrogen) atoms. The van der Waals surface area contributed by atoms with Crippen LogP contribution < -0.4 is 5.73 Å². The Morgan fingerprint density at radius 1 is 1.14 bits per heavy atom. The summed E-state index contributed by atoms with van der Waals surface area (Å²) in [5, 5.41) is 8.67. The Morgan fingerprint density at radius 3 is 2.57 bits per heavy atom. The SMILES string of the molecule is NC(=O)CCSc1nnc(-c2ccccc2Br)n1-c1cccc(C(F)(F)F)c1. The van der Waals surface area contributed by atoms with Crippen molar-refractivity contribution >= 4 is 33.6 Å². The second-order valence-corrected chi connectivity index (χ2v) is 7.65. The van der Waals surface area contributed by atoms with Crippen LogP contribution in [0.25, 0.3) is 17.1 Å². The maximum absolute atomic E-state index is 13.2. The van der Waals surface area contributed by atoms with Gasteiger partial charge in [0.15, 0.2) is 11.0 Å². The van der Waals surface area contributed by atoms with E-state index in [1.807, 2.05) is 6.07 Å². The Kier molecular flexibility index (Phi) is 6.09. The molecule has 0 atom stereocenters. The molecule has 0 spiro atoms. The van der Waals surface area contributed by atoms with Crippen LogP contribution in [-0.2, 0) is 11.0 Å². The van der Waals surface area contributed by atoms with Gasteiger partial charge in [0.1, 0.15) is 0 Å². The van der Waals surface area contributed by atoms with Crippen LogP contribution in [0.1, 0.15) is 12.0 Å². The van der Waals surface area contributed by atoms with Gasteiger partial charge < -0.3 is 5.73 Å². The molecule has 2 N–H and O–H groups in total. The monoisotopic (exact) mass is 470 g/mol. The number of hydrogen-bond donors (Lipinski definition) is 1. The number of carbonyl (C=O) groups is 1. The van der Waals surface area contributed by atoms with Crippen molar-refractivity contribution in [1.29, 1.82) is 0 Å². The fraction of sp³-hybridized carbons (Fsp3) is 0.167. The molecule has 5 nitrogen and oxygen atoms in total. The molecule has 0 saturated carbocycles. The van der Waals surface area contributed by atoms with Gasteiger partial charge >= 0.3 is 6.18 Å². The lowest BCUT2D eigenvalue weighted by Crippen LogP contribution is -2.11. The van der Waals surface area contributed by atoms with E-state index in [-0.39, 0.29) is 12.1 Å². The van der Waals surface area contributed by atoms with E-state index in [2.05, 4.69) is 26.1 Å². The molecular weight excluding hydrogens is 457 g/mol. The predicted octanol–water partition coefficient (Wildman–Crippen LogP) is 4.68. The van der Waals surface area contributed by atoms with E-state index in [1.54, 1.807) is 28.8 Å². The maximum atomic E-state index is 13.2. The summed E-state index contributed by atoms with van der Waals surface area (Å²) in [7, 11) is 0. The first kappa shape index (κ1) is 20.4. The first-order chi connectivity index (χ1) is 13.3. The van der Waals surface area contributed by atoms with Crippen molar-refractivity contribution in [3.05, 3.63) is 58.6 Å². The number of aromatic nitrogens is 3. The van der Waals surface area contributed by atoms with E-state index in [1.165, 1.54) is 17.8 Å². The maximum Gasteiger partial charge on any atom is 0.416 e. The van der Waals surface area contributed by atoms with Crippen LogP contribution in [0.5, 0.6) is 0 Å². The lowest BCUT2D eigenvalue weighted by atomic mass is 10.1. The van der Waals surface area contributed by atoms with Gasteiger partial charge in [-0.2, -0.15) is 13.2 Å². The third kappa shape index (κ3) is 4.56. The largest absolute Gasteiger partial charge is 0.416 e. The van der Waals surface area contributed by atoms with Crippen LogP contribution >= 0.6 is 27.7 Å². The molecule has 10 heteroatoms. The minimum atomic E-state index is -4.48. The highest BCUT2D eigenvalue weighted by Crippen LogP contribution is 2.35. The number of carbonyl (C=O) groups excluding carboxylic acids is 1. The topological polar surface area (TPSA) is 73.8 Å². The van der Waals surface area contributed by atoms with Gasteiger partial charge in [-0.05, 0) is 24.3 Å². The molecule has 2 aromatic carbocycles. The number of thioether (sulfide) groups is 1. The van der Waals surface area contributed by atoms with Crippen LogP contribution in [0.15, 0.2) is 58.2 Å². The van der Waals surface area contributed by atoms with Gasteiger partial charge in [-0.25, -0.2) is 0 Å². The molecule has 3 aromatic rings. The summed E-state index contributed by atoms with van der Waals surface area (Å²) in [4.78, 5) is 11.0. The van der Waals surface area contributed by atoms with E-state index < -0.39 is 17.6 Å². The van der Waals surface area contributed by atoms with Gasteiger partial charge in [-0.3, -0.25) is 9.36 Å². The average molecular weight is 471 g/mol. The van der Waals surface area contributed by atoms with Crippen molar-refractivity contribution < 1.29 is 18.0 Å². The molecule has 0 fully saturated rings. The number of primary amides is 1. The summed E-state index contributed by atoms with van der Waals surface area (Å²) in [5.74, 6) is 0.250. The van der Waals surface area contributed by atoms with E-state index in [9.17, 15) is 18.0 Å². The highest BCUT2D eigenvalue weighted by molar-refractivity contribution is 9.10. The summed E-state index contributed by atoms with van der Waals surface area (Å²) in [6.45, 7) is 0. The first-order valence-corrected chi connectivity index (χ1v) is 9.84. The van der Waals surface area contributed by atoms with Gasteiger partial charge in [0.2, 0.25) is 5.91 Å². The molecule has 0 aliphatic carbocycles. The summed E-state index contributed by atoms with van der Waals surface area (Å²) in [6, 6.07) is 12.1. The van der Waals surface area contributed by atoms with Crippen LogP contribution in [0.3, 0.4) is 0 Å². The zero-order valence-electron chi connectivity index (χ0n) is 14.3. The van der Waals surface area contributed by atoms with E-state index in [0.29, 0.717) is 22.3 Å². The summed E-state index contributed by atoms with van der Waals surface area (Å²) in [6.07, 6.45) is -4.36. The van der Waals surface area contributed by atoms with Gasteiger partial charge in [0.05, 0.1) is 11.3 Å². The number of amides is 1. The van der Waals surface area contributed by atoms with E-state index in [4.69, 9.17) is 5.73 Å². The van der Waals surface area contributed by atoms with Crippen LogP contribution in [0.4, 0.5) is 13.2 Å². The molecule has 0 aliphatic heterocycles. The summed E-state index contributed by atoms with van der Waals surface area (Å²) >= 11 is 4.63. The molecule has 3 rings (SSSR count). The molecule has 0 unspecified atom stereocenters. The smallest absolute Gasteiger partial charge is 0.370 e. The Labute approximate surface area is 171 Å². The van der Waals surface area contributed by atoms with Crippen molar-refractivity contribution in [2.24, 2.45) is 5.73 Å². The Balaban J connectivity index is 2.12. The number of rotatable bonds is 6. The summed E-state index contributed by atoms with van der Waals surface area (Å²) in [5.41, 5.74) is 5.34.